The number of hydrogen-bond donors (Lipinski definition) is 2. The molecule has 0 heterocycles. The van der Waals surface area contributed by atoms with Gasteiger partial charge in [-0.05, 0) is 0 Å². The van der Waals surface area contributed by atoms with Gasteiger partial charge in [0, 0.05) is 0 Å². The van der Waals surface area contributed by atoms with Gasteiger partial charge in [0.1, 0.15) is 0 Å². The van der Waals surface area contributed by atoms with Gasteiger partial charge in [-0.1, -0.05) is 0 Å². The molecule has 0 saturated heterocycles. The summed E-state index contributed by atoms with van der Waals surface area (Å²) in [5, 5.41) is 19.8. The van der Waals surface area contributed by atoms with E-state index in [2.05, 4.69) is 41.5 Å². The van der Waals surface area contributed by atoms with Gasteiger partial charge >= 0.3 is 245 Å². The predicted octanol–water partition coefficient (Wildman–Crippen LogP) is 8.77. The molecule has 0 bridgehead atoms. The molecule has 0 amide bonds. The van der Waals surface area contributed by atoms with E-state index in [1.165, 1.54) is 0 Å². The van der Waals surface area contributed by atoms with Gasteiger partial charge in [-0.3, -0.25) is 0 Å². The Bertz CT molecular complexity index is 590. The third-order valence-corrected chi connectivity index (χ3v) is 25.2. The van der Waals surface area contributed by atoms with Crippen LogP contribution in [0.25, 0.3) is 0 Å². The van der Waals surface area contributed by atoms with Crippen LogP contribution in [0.15, 0.2) is 0 Å². The van der Waals surface area contributed by atoms with Gasteiger partial charge in [-0.25, -0.2) is 0 Å². The summed E-state index contributed by atoms with van der Waals surface area (Å²) in [5.74, 6) is 0. The van der Waals surface area contributed by atoms with Crippen LogP contribution in [0.4, 0.5) is 0 Å². The molecule has 0 unspecified atom stereocenters. The predicted molar refractivity (Wildman–Crippen MR) is 177 cm³/mol. The number of aliphatic hydroxyl groups is 2. The molecule has 240 valence electrons. The van der Waals surface area contributed by atoms with Crippen molar-refractivity contribution in [1.82, 2.24) is 0 Å². The summed E-state index contributed by atoms with van der Waals surface area (Å²) in [7, 11) is -4.30. The van der Waals surface area contributed by atoms with Gasteiger partial charge in [0.05, 0.1) is 0 Å². The molecule has 39 heavy (non-hydrogen) atoms. The molecule has 0 radical (unpaired) electrons. The SMILES string of the molecule is CCCCP(CCCC)(CCCC)(CCCO)OS(=O)(=O)OP(CCCC)(CCCC)(CCCC)CCCO. The van der Waals surface area contributed by atoms with Crippen LogP contribution in [0.2, 0.25) is 0 Å². The average molecular weight is 619 g/mol. The summed E-state index contributed by atoms with van der Waals surface area (Å²) in [4.78, 5) is 0. The van der Waals surface area contributed by atoms with Gasteiger partial charge in [0.15, 0.2) is 0 Å². The van der Waals surface area contributed by atoms with E-state index >= 15 is 0 Å². The molecular weight excluding hydrogens is 550 g/mol. The van der Waals surface area contributed by atoms with Crippen molar-refractivity contribution in [3.8, 4) is 0 Å². The summed E-state index contributed by atoms with van der Waals surface area (Å²) in [6.07, 6.45) is 18.7. The molecule has 2 N–H and O–H groups in total. The van der Waals surface area contributed by atoms with Gasteiger partial charge in [-0.15, -0.1) is 0 Å². The second-order valence-corrected chi connectivity index (χ2v) is 25.4. The van der Waals surface area contributed by atoms with Crippen LogP contribution in [-0.2, 0) is 18.3 Å². The Morgan fingerprint density at radius 1 is 0.436 bits per heavy atom. The average Bonchev–Trinajstić information content (AvgIpc) is 2.93. The first-order valence-corrected chi connectivity index (χ1v) is 23.6. The van der Waals surface area contributed by atoms with Crippen molar-refractivity contribution >= 4 is 24.1 Å². The molecule has 0 atom stereocenters. The zero-order valence-electron chi connectivity index (χ0n) is 26.8. The van der Waals surface area contributed by atoms with Gasteiger partial charge in [-0.2, -0.15) is 0 Å². The zero-order valence-corrected chi connectivity index (χ0v) is 29.4. The van der Waals surface area contributed by atoms with Crippen LogP contribution in [0.5, 0.6) is 0 Å². The minimum atomic E-state index is -4.30. The van der Waals surface area contributed by atoms with E-state index in [4.69, 9.17) is 7.94 Å². The van der Waals surface area contributed by atoms with Crippen LogP contribution in [-0.4, -0.2) is 81.1 Å². The van der Waals surface area contributed by atoms with Crippen molar-refractivity contribution in [3.05, 3.63) is 0 Å². The Morgan fingerprint density at radius 3 is 0.821 bits per heavy atom. The second-order valence-electron chi connectivity index (χ2n) is 12.3. The molecular formula is C30H68O6P2S. The summed E-state index contributed by atoms with van der Waals surface area (Å²) in [6, 6.07) is 0. The molecule has 0 spiro atoms. The van der Waals surface area contributed by atoms with Gasteiger partial charge in [0.25, 0.3) is 0 Å². The summed E-state index contributed by atoms with van der Waals surface area (Å²) >= 11 is 0. The number of aliphatic hydroxyl groups excluding tert-OH is 2. The van der Waals surface area contributed by atoms with E-state index < -0.39 is 24.1 Å². The molecule has 0 aliphatic heterocycles. The van der Waals surface area contributed by atoms with Crippen molar-refractivity contribution in [1.29, 1.82) is 0 Å². The van der Waals surface area contributed by atoms with E-state index in [9.17, 15) is 18.6 Å². The molecule has 0 aliphatic carbocycles. The summed E-state index contributed by atoms with van der Waals surface area (Å²) in [6.45, 7) is 6.57. The molecule has 9 heteroatoms. The third kappa shape index (κ3) is 13.2. The zero-order chi connectivity index (χ0) is 29.8. The van der Waals surface area contributed by atoms with E-state index in [1.807, 2.05) is 0 Å². The molecule has 0 aromatic carbocycles. The monoisotopic (exact) mass is 618 g/mol. The first-order valence-electron chi connectivity index (χ1n) is 16.4. The van der Waals surface area contributed by atoms with Crippen molar-refractivity contribution < 1.29 is 26.6 Å². The number of unbranched alkanes of at least 4 members (excludes halogenated alkanes) is 6. The van der Waals surface area contributed by atoms with Crippen LogP contribution < -0.4 is 0 Å². The van der Waals surface area contributed by atoms with E-state index in [-0.39, 0.29) is 13.2 Å². The van der Waals surface area contributed by atoms with Crippen molar-refractivity contribution in [2.45, 2.75) is 131 Å². The standard InChI is InChI=1S/C30H68O6P2S/c1-7-13-23-37(24-14-8-2,25-15-9-3,29-19-21-31)35-39(33,34)36-38(26-16-10-4,27-17-11-5,28-18-12-6)30-20-22-32/h31-32H,7-30H2,1-6H3. The molecule has 0 aromatic rings. The Kier molecular flexibility index (Phi) is 20.1. The van der Waals surface area contributed by atoms with Crippen LogP contribution >= 0.6 is 13.7 Å². The van der Waals surface area contributed by atoms with E-state index in [0.717, 1.165) is 114 Å². The fourth-order valence-electron chi connectivity index (χ4n) is 6.46. The van der Waals surface area contributed by atoms with Crippen LogP contribution in [0.3, 0.4) is 0 Å². The Morgan fingerprint density at radius 2 is 0.641 bits per heavy atom. The topological polar surface area (TPSA) is 93.1 Å². The Hall–Kier alpha value is 0.650. The molecule has 6 nitrogen and oxygen atoms in total. The number of rotatable bonds is 28. The Labute approximate surface area is 244 Å². The molecule has 0 saturated carbocycles. The molecule has 0 fully saturated rings. The summed E-state index contributed by atoms with van der Waals surface area (Å²) in [5.41, 5.74) is 0. The Balaban J connectivity index is 7.05. The first kappa shape index (κ1) is 39.6. The van der Waals surface area contributed by atoms with E-state index in [1.54, 1.807) is 0 Å². The fourth-order valence-corrected chi connectivity index (χ4v) is 24.6. The number of hydrogen-bond acceptors (Lipinski definition) is 6. The van der Waals surface area contributed by atoms with Crippen molar-refractivity contribution in [3.63, 3.8) is 0 Å². The van der Waals surface area contributed by atoms with Gasteiger partial charge < -0.3 is 0 Å². The van der Waals surface area contributed by atoms with Crippen LogP contribution in [0.1, 0.15) is 131 Å². The van der Waals surface area contributed by atoms with Crippen molar-refractivity contribution in [2.75, 3.05) is 62.5 Å². The normalized spacial score (nSPS) is 15.1. The molecule has 0 aliphatic rings. The maximum absolute atomic E-state index is 14.5. The van der Waals surface area contributed by atoms with Crippen LogP contribution in [0, 0.1) is 0 Å². The summed E-state index contributed by atoms with van der Waals surface area (Å²) < 4.78 is 42.5. The molecule has 0 rings (SSSR count). The third-order valence-electron chi connectivity index (χ3n) is 8.83. The maximum atomic E-state index is 14.5. The quantitative estimate of drug-likeness (QED) is 0.0852. The minimum absolute atomic E-state index is 0.0476. The first-order chi connectivity index (χ1) is 18.5. The molecule has 0 aromatic heterocycles. The van der Waals surface area contributed by atoms with Crippen molar-refractivity contribution in [2.24, 2.45) is 0 Å². The van der Waals surface area contributed by atoms with Gasteiger partial charge in [0.2, 0.25) is 0 Å². The fraction of sp³-hybridized carbons (Fsp3) is 1.00. The van der Waals surface area contributed by atoms with E-state index in [0.29, 0.717) is 25.2 Å². The second kappa shape index (κ2) is 19.8.